The molecule has 0 saturated carbocycles. The standard InChI is InChI=1S/C17H17N3O2S/c1-11-4-6-12(7-5-11)15-18-13(10-23-15)9-20-16(21)14-3-2-8-19(14)17(20)22/h4-7,10,14H,2-3,8-9H2,1H3/t14-/m0/s1. The highest BCUT2D eigenvalue weighted by atomic mass is 32.1. The maximum absolute atomic E-state index is 12.4. The van der Waals surface area contributed by atoms with Crippen LogP contribution in [0.25, 0.3) is 10.6 Å². The van der Waals surface area contributed by atoms with Crippen molar-refractivity contribution in [2.45, 2.75) is 32.4 Å². The molecule has 3 heterocycles. The largest absolute Gasteiger partial charge is 0.327 e. The van der Waals surface area contributed by atoms with Gasteiger partial charge < -0.3 is 4.90 Å². The summed E-state index contributed by atoms with van der Waals surface area (Å²) in [5, 5.41) is 2.85. The van der Waals surface area contributed by atoms with E-state index >= 15 is 0 Å². The molecule has 5 nitrogen and oxygen atoms in total. The summed E-state index contributed by atoms with van der Waals surface area (Å²) in [7, 11) is 0. The number of nitrogens with zero attached hydrogens (tertiary/aromatic N) is 3. The Morgan fingerprint density at radius 1 is 1.26 bits per heavy atom. The van der Waals surface area contributed by atoms with E-state index in [0.717, 1.165) is 29.1 Å². The molecule has 0 spiro atoms. The molecule has 0 unspecified atom stereocenters. The molecular formula is C17H17N3O2S. The molecule has 0 bridgehead atoms. The second kappa shape index (κ2) is 5.45. The zero-order valence-corrected chi connectivity index (χ0v) is 13.7. The van der Waals surface area contributed by atoms with Crippen molar-refractivity contribution >= 4 is 23.3 Å². The van der Waals surface area contributed by atoms with E-state index in [1.165, 1.54) is 10.5 Å². The number of urea groups is 1. The van der Waals surface area contributed by atoms with E-state index in [1.54, 1.807) is 16.2 Å². The lowest BCUT2D eigenvalue weighted by Crippen LogP contribution is -2.32. The Balaban J connectivity index is 1.53. The fourth-order valence-corrected chi connectivity index (χ4v) is 4.01. The number of hydrogen-bond acceptors (Lipinski definition) is 4. The Bertz CT molecular complexity index is 746. The van der Waals surface area contributed by atoms with Crippen molar-refractivity contribution in [1.29, 1.82) is 0 Å². The Kier molecular flexibility index (Phi) is 3.41. The molecule has 2 aliphatic heterocycles. The summed E-state index contributed by atoms with van der Waals surface area (Å²) in [5.41, 5.74) is 3.04. The number of rotatable bonds is 3. The molecule has 2 saturated heterocycles. The van der Waals surface area contributed by atoms with Gasteiger partial charge >= 0.3 is 6.03 Å². The Morgan fingerprint density at radius 3 is 2.78 bits per heavy atom. The average Bonchev–Trinajstić information content (AvgIpc) is 3.25. The minimum absolute atomic E-state index is 0.0719. The number of aryl methyl sites for hydroxylation is 1. The first-order valence-electron chi connectivity index (χ1n) is 7.77. The third-order valence-electron chi connectivity index (χ3n) is 4.45. The number of fused-ring (bicyclic) bond motifs is 1. The van der Waals surface area contributed by atoms with Gasteiger partial charge in [0.1, 0.15) is 11.0 Å². The normalized spacial score (nSPS) is 20.5. The molecule has 118 valence electrons. The second-order valence-corrected chi connectivity index (χ2v) is 6.93. The monoisotopic (exact) mass is 327 g/mol. The summed E-state index contributed by atoms with van der Waals surface area (Å²) in [4.78, 5) is 32.3. The first-order valence-corrected chi connectivity index (χ1v) is 8.65. The summed E-state index contributed by atoms with van der Waals surface area (Å²) in [5.74, 6) is -0.0719. The van der Waals surface area contributed by atoms with Gasteiger partial charge in [-0.3, -0.25) is 9.69 Å². The highest BCUT2D eigenvalue weighted by molar-refractivity contribution is 7.13. The van der Waals surface area contributed by atoms with Crippen LogP contribution in [0.3, 0.4) is 0 Å². The van der Waals surface area contributed by atoms with Crippen molar-refractivity contribution in [3.63, 3.8) is 0 Å². The molecule has 0 N–H and O–H groups in total. The van der Waals surface area contributed by atoms with Crippen LogP contribution in [-0.2, 0) is 11.3 Å². The molecule has 6 heteroatoms. The van der Waals surface area contributed by atoms with Crippen molar-refractivity contribution in [2.75, 3.05) is 6.54 Å². The first-order chi connectivity index (χ1) is 11.1. The van der Waals surface area contributed by atoms with E-state index in [9.17, 15) is 9.59 Å². The predicted molar refractivity (Wildman–Crippen MR) is 88.0 cm³/mol. The fourth-order valence-electron chi connectivity index (χ4n) is 3.20. The highest BCUT2D eigenvalue weighted by Gasteiger charge is 2.47. The van der Waals surface area contributed by atoms with E-state index in [1.807, 2.05) is 24.4 Å². The van der Waals surface area contributed by atoms with Gasteiger partial charge in [-0.15, -0.1) is 11.3 Å². The van der Waals surface area contributed by atoms with Crippen molar-refractivity contribution in [3.8, 4) is 10.6 Å². The van der Waals surface area contributed by atoms with Crippen LogP contribution >= 0.6 is 11.3 Å². The maximum atomic E-state index is 12.4. The number of hydrogen-bond donors (Lipinski definition) is 0. The van der Waals surface area contributed by atoms with Gasteiger partial charge in [0.2, 0.25) is 0 Å². The number of thiazole rings is 1. The van der Waals surface area contributed by atoms with Crippen LogP contribution in [0.2, 0.25) is 0 Å². The first kappa shape index (κ1) is 14.4. The molecule has 4 rings (SSSR count). The molecule has 23 heavy (non-hydrogen) atoms. The topological polar surface area (TPSA) is 53.5 Å². The summed E-state index contributed by atoms with van der Waals surface area (Å²) < 4.78 is 0. The van der Waals surface area contributed by atoms with Crippen LogP contribution in [0.4, 0.5) is 4.79 Å². The van der Waals surface area contributed by atoms with E-state index in [2.05, 4.69) is 17.1 Å². The van der Waals surface area contributed by atoms with Gasteiger partial charge in [0, 0.05) is 17.5 Å². The molecule has 0 aliphatic carbocycles. The number of carbonyl (C=O) groups excluding carboxylic acids is 2. The van der Waals surface area contributed by atoms with Crippen molar-refractivity contribution < 1.29 is 9.59 Å². The minimum atomic E-state index is -0.238. The van der Waals surface area contributed by atoms with Crippen LogP contribution in [0.5, 0.6) is 0 Å². The van der Waals surface area contributed by atoms with Gasteiger partial charge in [0.25, 0.3) is 5.91 Å². The molecular weight excluding hydrogens is 310 g/mol. The van der Waals surface area contributed by atoms with Crippen LogP contribution in [0.1, 0.15) is 24.1 Å². The quantitative estimate of drug-likeness (QED) is 0.814. The van der Waals surface area contributed by atoms with Gasteiger partial charge in [-0.1, -0.05) is 29.8 Å². The highest BCUT2D eigenvalue weighted by Crippen LogP contribution is 2.30. The number of carbonyl (C=O) groups is 2. The third kappa shape index (κ3) is 2.43. The molecule has 1 aromatic carbocycles. The molecule has 0 radical (unpaired) electrons. The third-order valence-corrected chi connectivity index (χ3v) is 5.39. The lowest BCUT2D eigenvalue weighted by Gasteiger charge is -2.14. The number of imide groups is 1. The lowest BCUT2D eigenvalue weighted by atomic mass is 10.2. The van der Waals surface area contributed by atoms with Crippen LogP contribution in [-0.4, -0.2) is 39.3 Å². The van der Waals surface area contributed by atoms with Gasteiger partial charge in [-0.2, -0.15) is 0 Å². The van der Waals surface area contributed by atoms with Gasteiger partial charge in [-0.05, 0) is 19.8 Å². The number of aromatic nitrogens is 1. The molecule has 2 aromatic rings. The Labute approximate surface area is 138 Å². The molecule has 2 fully saturated rings. The van der Waals surface area contributed by atoms with Gasteiger partial charge in [0.15, 0.2) is 0 Å². The summed E-state index contributed by atoms with van der Waals surface area (Å²) >= 11 is 1.54. The Morgan fingerprint density at radius 2 is 2.04 bits per heavy atom. The van der Waals surface area contributed by atoms with Gasteiger partial charge in [-0.25, -0.2) is 9.78 Å². The average molecular weight is 327 g/mol. The zero-order chi connectivity index (χ0) is 16.0. The summed E-state index contributed by atoms with van der Waals surface area (Å²) in [6.45, 7) is 3.01. The fraction of sp³-hybridized carbons (Fsp3) is 0.353. The second-order valence-electron chi connectivity index (χ2n) is 6.07. The van der Waals surface area contributed by atoms with E-state index < -0.39 is 0 Å². The van der Waals surface area contributed by atoms with Crippen molar-refractivity contribution in [2.24, 2.45) is 0 Å². The van der Waals surface area contributed by atoms with Crippen LogP contribution < -0.4 is 0 Å². The summed E-state index contributed by atoms with van der Waals surface area (Å²) in [6, 6.07) is 7.79. The van der Waals surface area contributed by atoms with Crippen molar-refractivity contribution in [3.05, 3.63) is 40.9 Å². The predicted octanol–water partition coefficient (Wildman–Crippen LogP) is 3.05. The summed E-state index contributed by atoms with van der Waals surface area (Å²) in [6.07, 6.45) is 1.71. The number of amides is 3. The van der Waals surface area contributed by atoms with E-state index in [-0.39, 0.29) is 24.5 Å². The van der Waals surface area contributed by atoms with E-state index in [0.29, 0.717) is 6.54 Å². The van der Waals surface area contributed by atoms with Crippen LogP contribution in [0, 0.1) is 6.92 Å². The zero-order valence-electron chi connectivity index (χ0n) is 12.9. The molecule has 1 aromatic heterocycles. The molecule has 2 aliphatic rings. The van der Waals surface area contributed by atoms with Crippen molar-refractivity contribution in [1.82, 2.24) is 14.8 Å². The number of benzene rings is 1. The van der Waals surface area contributed by atoms with Crippen LogP contribution in [0.15, 0.2) is 29.6 Å². The lowest BCUT2D eigenvalue weighted by molar-refractivity contribution is -0.128. The van der Waals surface area contributed by atoms with E-state index in [4.69, 9.17) is 0 Å². The van der Waals surface area contributed by atoms with Gasteiger partial charge in [0.05, 0.1) is 12.2 Å². The maximum Gasteiger partial charge on any atom is 0.327 e. The molecule has 1 atom stereocenters. The Hall–Kier alpha value is -2.21. The SMILES string of the molecule is Cc1ccc(-c2nc(CN3C(=O)[C@@H]4CCCN4C3=O)cs2)cc1. The molecule has 3 amide bonds. The smallest absolute Gasteiger partial charge is 0.312 e. The minimum Gasteiger partial charge on any atom is -0.312 e.